The van der Waals surface area contributed by atoms with Gasteiger partial charge in [0, 0.05) is 0 Å². The molecule has 0 aliphatic heterocycles. The Morgan fingerprint density at radius 2 is 2.08 bits per heavy atom. The number of ether oxygens (including phenoxy) is 2. The van der Waals surface area contributed by atoms with Gasteiger partial charge in [-0.25, -0.2) is 4.79 Å². The van der Waals surface area contributed by atoms with E-state index in [1.807, 2.05) is 12.2 Å². The minimum Gasteiger partial charge on any atom is -0.465 e. The van der Waals surface area contributed by atoms with Crippen molar-refractivity contribution in [2.45, 2.75) is 39.0 Å². The minimum absolute atomic E-state index is 0.0334. The van der Waals surface area contributed by atoms with Crippen molar-refractivity contribution in [1.82, 2.24) is 0 Å². The Hall–Kier alpha value is -2.35. The zero-order valence-electron chi connectivity index (χ0n) is 14.0. The summed E-state index contributed by atoms with van der Waals surface area (Å²) in [6.45, 7) is 5.58. The van der Waals surface area contributed by atoms with Gasteiger partial charge in [0.1, 0.15) is 6.61 Å². The highest BCUT2D eigenvalue weighted by Gasteiger charge is 2.56. The maximum absolute atomic E-state index is 12.8. The van der Waals surface area contributed by atoms with E-state index in [1.54, 1.807) is 13.0 Å². The predicted octanol–water partition coefficient (Wildman–Crippen LogP) is 3.24. The number of fused-ring (bicyclic) bond motifs is 1. The van der Waals surface area contributed by atoms with Crippen LogP contribution in [0.3, 0.4) is 0 Å². The summed E-state index contributed by atoms with van der Waals surface area (Å²) in [6, 6.07) is 2.15. The van der Waals surface area contributed by atoms with Crippen molar-refractivity contribution < 1.29 is 19.1 Å². The van der Waals surface area contributed by atoms with E-state index in [0.29, 0.717) is 18.4 Å². The third-order valence-electron chi connectivity index (χ3n) is 4.73. The Morgan fingerprint density at radius 3 is 2.75 bits per heavy atom. The van der Waals surface area contributed by atoms with Gasteiger partial charge in [-0.1, -0.05) is 30.9 Å². The van der Waals surface area contributed by atoms with Crippen molar-refractivity contribution in [3.05, 3.63) is 36.5 Å². The molecular formula is C19H23NO4. The molecule has 2 rings (SSSR count). The van der Waals surface area contributed by atoms with Crippen LogP contribution in [0.1, 0.15) is 39.0 Å². The zero-order chi connectivity index (χ0) is 17.6. The molecule has 0 bridgehead atoms. The molecule has 2 aliphatic carbocycles. The molecule has 0 amide bonds. The highest BCUT2D eigenvalue weighted by molar-refractivity contribution is 5.90. The predicted molar refractivity (Wildman–Crippen MR) is 88.6 cm³/mol. The summed E-state index contributed by atoms with van der Waals surface area (Å²) >= 11 is 0. The summed E-state index contributed by atoms with van der Waals surface area (Å²) in [6.07, 6.45) is 9.75. The van der Waals surface area contributed by atoms with Crippen LogP contribution in [0, 0.1) is 22.2 Å². The molecule has 0 N–H and O–H groups in total. The lowest BCUT2D eigenvalue weighted by atomic mass is 9.61. The molecule has 0 heterocycles. The molecule has 0 aromatic carbocycles. The van der Waals surface area contributed by atoms with E-state index in [0.717, 1.165) is 12.8 Å². The van der Waals surface area contributed by atoms with Gasteiger partial charge in [0.25, 0.3) is 0 Å². The fraction of sp³-hybridized carbons (Fsp3) is 0.526. The number of hydrogen-bond acceptors (Lipinski definition) is 5. The van der Waals surface area contributed by atoms with Crippen LogP contribution in [0.5, 0.6) is 0 Å². The van der Waals surface area contributed by atoms with Gasteiger partial charge in [-0.3, -0.25) is 4.79 Å². The molecule has 2 atom stereocenters. The number of esters is 2. The first-order valence-corrected chi connectivity index (χ1v) is 8.30. The van der Waals surface area contributed by atoms with Crippen molar-refractivity contribution >= 4 is 11.9 Å². The Kier molecular flexibility index (Phi) is 5.61. The van der Waals surface area contributed by atoms with E-state index in [4.69, 9.17) is 9.47 Å². The highest BCUT2D eigenvalue weighted by atomic mass is 16.5. The Labute approximate surface area is 142 Å². The molecular weight excluding hydrogens is 306 g/mol. The molecule has 0 saturated carbocycles. The average molecular weight is 329 g/mol. The first-order valence-electron chi connectivity index (χ1n) is 8.30. The molecule has 0 saturated heterocycles. The second-order valence-corrected chi connectivity index (χ2v) is 6.10. The fourth-order valence-electron chi connectivity index (χ4n) is 3.60. The molecule has 0 aromatic heterocycles. The van der Waals surface area contributed by atoms with Gasteiger partial charge < -0.3 is 9.47 Å². The van der Waals surface area contributed by atoms with E-state index in [1.165, 1.54) is 6.08 Å². The third-order valence-corrected chi connectivity index (χ3v) is 4.73. The van der Waals surface area contributed by atoms with Gasteiger partial charge in [0.05, 0.1) is 18.1 Å². The van der Waals surface area contributed by atoms with E-state index in [2.05, 4.69) is 12.6 Å². The van der Waals surface area contributed by atoms with Gasteiger partial charge in [-0.15, -0.1) is 0 Å². The van der Waals surface area contributed by atoms with Crippen molar-refractivity contribution in [3.63, 3.8) is 0 Å². The maximum atomic E-state index is 12.8. The number of allylic oxidation sites excluding steroid dienone is 3. The van der Waals surface area contributed by atoms with Gasteiger partial charge in [-0.2, -0.15) is 5.26 Å². The van der Waals surface area contributed by atoms with Gasteiger partial charge in [0.15, 0.2) is 5.41 Å². The SMILES string of the molecule is C=CCOC(=O)C1(C#N)CC=CCC2(C(=O)OCC)CCCC=C12. The third kappa shape index (κ3) is 2.89. The van der Waals surface area contributed by atoms with E-state index < -0.39 is 16.8 Å². The summed E-state index contributed by atoms with van der Waals surface area (Å²) in [7, 11) is 0. The normalized spacial score (nSPS) is 28.6. The number of nitriles is 1. The number of nitrogens with zero attached hydrogens (tertiary/aromatic N) is 1. The van der Waals surface area contributed by atoms with Crippen LogP contribution in [0.25, 0.3) is 0 Å². The molecule has 24 heavy (non-hydrogen) atoms. The molecule has 0 radical (unpaired) electrons. The standard InChI is InChI=1S/C19H23NO4/c1-3-13-24-17(22)19(14-20)12-8-7-11-18(16(21)23-4-2)10-6-5-9-15(18)19/h3,7-9H,1,4-6,10-13H2,2H3. The summed E-state index contributed by atoms with van der Waals surface area (Å²) in [5.74, 6) is -0.989. The number of hydrogen-bond donors (Lipinski definition) is 0. The van der Waals surface area contributed by atoms with Crippen LogP contribution in [0.15, 0.2) is 36.5 Å². The number of carbonyl (C=O) groups excluding carboxylic acids is 2. The van der Waals surface area contributed by atoms with Gasteiger partial charge >= 0.3 is 11.9 Å². The minimum atomic E-state index is -1.48. The number of rotatable bonds is 5. The molecule has 5 nitrogen and oxygen atoms in total. The first kappa shape index (κ1) is 18.0. The second kappa shape index (κ2) is 7.48. The van der Waals surface area contributed by atoms with Crippen LogP contribution in [-0.4, -0.2) is 25.2 Å². The maximum Gasteiger partial charge on any atom is 0.331 e. The van der Waals surface area contributed by atoms with Crippen molar-refractivity contribution in [2.24, 2.45) is 10.8 Å². The number of carbonyl (C=O) groups is 2. The largest absolute Gasteiger partial charge is 0.465 e. The molecule has 0 fully saturated rings. The molecule has 5 heteroatoms. The monoisotopic (exact) mass is 329 g/mol. The summed E-state index contributed by atoms with van der Waals surface area (Å²) in [5, 5.41) is 9.90. The topological polar surface area (TPSA) is 76.4 Å². The van der Waals surface area contributed by atoms with Gasteiger partial charge in [-0.05, 0) is 44.6 Å². The summed E-state index contributed by atoms with van der Waals surface area (Å²) in [5.41, 5.74) is -1.89. The van der Waals surface area contributed by atoms with Crippen LogP contribution < -0.4 is 0 Å². The quantitative estimate of drug-likeness (QED) is 0.571. The zero-order valence-corrected chi connectivity index (χ0v) is 14.0. The van der Waals surface area contributed by atoms with Crippen LogP contribution >= 0.6 is 0 Å². The lowest BCUT2D eigenvalue weighted by molar-refractivity contribution is -0.156. The molecule has 128 valence electrons. The molecule has 0 aromatic rings. The lowest BCUT2D eigenvalue weighted by Crippen LogP contribution is -2.45. The second-order valence-electron chi connectivity index (χ2n) is 6.10. The van der Waals surface area contributed by atoms with Gasteiger partial charge in [0.2, 0.25) is 0 Å². The molecule has 0 spiro atoms. The summed E-state index contributed by atoms with van der Waals surface area (Å²) < 4.78 is 10.5. The van der Waals surface area contributed by atoms with Crippen molar-refractivity contribution in [2.75, 3.05) is 13.2 Å². The molecule has 2 aliphatic rings. The molecule has 2 unspecified atom stereocenters. The van der Waals surface area contributed by atoms with Crippen LogP contribution in [0.2, 0.25) is 0 Å². The first-order chi connectivity index (χ1) is 11.6. The van der Waals surface area contributed by atoms with E-state index >= 15 is 0 Å². The summed E-state index contributed by atoms with van der Waals surface area (Å²) in [4.78, 5) is 25.5. The Balaban J connectivity index is 2.56. The van der Waals surface area contributed by atoms with Crippen molar-refractivity contribution in [3.8, 4) is 6.07 Å². The highest BCUT2D eigenvalue weighted by Crippen LogP contribution is 2.53. The smallest absolute Gasteiger partial charge is 0.331 e. The Morgan fingerprint density at radius 1 is 1.33 bits per heavy atom. The Bertz CT molecular complexity index is 628. The van der Waals surface area contributed by atoms with Crippen molar-refractivity contribution in [1.29, 1.82) is 5.26 Å². The fourth-order valence-corrected chi connectivity index (χ4v) is 3.60. The van der Waals surface area contributed by atoms with Crippen LogP contribution in [0.4, 0.5) is 0 Å². The van der Waals surface area contributed by atoms with E-state index in [9.17, 15) is 14.9 Å². The average Bonchev–Trinajstić information content (AvgIpc) is 2.78. The van der Waals surface area contributed by atoms with Crippen LogP contribution in [-0.2, 0) is 19.1 Å². The van der Waals surface area contributed by atoms with E-state index in [-0.39, 0.29) is 25.6 Å². The lowest BCUT2D eigenvalue weighted by Gasteiger charge is -2.40.